The average Bonchev–Trinajstić information content (AvgIpc) is 2.88. The number of carbonyl (C=O) groups is 1. The van der Waals surface area contributed by atoms with E-state index in [0.717, 1.165) is 50.8 Å². The molecular formula is C22H29FN4O. The Kier molecular flexibility index (Phi) is 5.76. The molecule has 1 fully saturated rings. The lowest BCUT2D eigenvalue weighted by Gasteiger charge is -2.25. The molecule has 2 heterocycles. The number of nitrogens with one attached hydrogen (secondary N) is 1. The number of rotatable bonds is 4. The number of benzene rings is 1. The second kappa shape index (κ2) is 8.43. The number of likely N-dealkylation sites (tertiary alicyclic amines) is 1. The van der Waals surface area contributed by atoms with Crippen LogP contribution < -0.4 is 5.32 Å². The molecular weight excluding hydrogens is 355 g/mol. The number of hydrogen-bond acceptors (Lipinski definition) is 3. The van der Waals surface area contributed by atoms with Gasteiger partial charge in [-0.25, -0.2) is 4.39 Å². The zero-order valence-electron chi connectivity index (χ0n) is 16.6. The molecule has 6 heteroatoms. The van der Waals surface area contributed by atoms with Crippen molar-refractivity contribution in [1.82, 2.24) is 20.0 Å². The van der Waals surface area contributed by atoms with E-state index in [1.807, 2.05) is 28.8 Å². The second-order valence-electron chi connectivity index (χ2n) is 8.02. The molecule has 1 aromatic carbocycles. The fourth-order valence-electron chi connectivity index (χ4n) is 4.45. The van der Waals surface area contributed by atoms with Crippen molar-refractivity contribution in [3.05, 3.63) is 52.6 Å². The Morgan fingerprint density at radius 1 is 1.21 bits per heavy atom. The van der Waals surface area contributed by atoms with E-state index in [1.165, 1.54) is 24.6 Å². The molecule has 2 aromatic rings. The number of nitrogens with zero attached hydrogens (tertiary/aromatic N) is 3. The topological polar surface area (TPSA) is 50.2 Å². The highest BCUT2D eigenvalue weighted by Gasteiger charge is 2.30. The molecule has 2 aliphatic rings. The summed E-state index contributed by atoms with van der Waals surface area (Å²) in [6, 6.07) is 7.11. The standard InChI is InChI=1S/C22H29FN4O/c1-26-20-11-10-17(24-15-16-8-4-5-9-19(16)23)14-18(20)21(25-26)22(28)27-12-6-2-3-7-13-27/h4-5,8-9,17,24H,2-3,6-7,10-15H2,1H3/t17-/m1/s1. The molecule has 4 rings (SSSR count). The SMILES string of the molecule is Cn1nc(C(=O)N2CCCCCC2)c2c1CC[C@@H](NCc1ccccc1F)C2. The Labute approximate surface area is 165 Å². The van der Waals surface area contributed by atoms with Gasteiger partial charge in [0.1, 0.15) is 5.82 Å². The summed E-state index contributed by atoms with van der Waals surface area (Å²) in [7, 11) is 1.94. The summed E-state index contributed by atoms with van der Waals surface area (Å²) < 4.78 is 15.8. The van der Waals surface area contributed by atoms with Gasteiger partial charge in [0.15, 0.2) is 5.69 Å². The van der Waals surface area contributed by atoms with Crippen molar-refractivity contribution in [2.24, 2.45) is 7.05 Å². The fraction of sp³-hybridized carbons (Fsp3) is 0.545. The van der Waals surface area contributed by atoms with Crippen LogP contribution >= 0.6 is 0 Å². The minimum atomic E-state index is -0.176. The maximum Gasteiger partial charge on any atom is 0.274 e. The third-order valence-corrected chi connectivity index (χ3v) is 6.09. The molecule has 0 unspecified atom stereocenters. The molecule has 1 aromatic heterocycles. The minimum absolute atomic E-state index is 0.0773. The quantitative estimate of drug-likeness (QED) is 0.881. The van der Waals surface area contributed by atoms with E-state index in [0.29, 0.717) is 17.8 Å². The Bertz CT molecular complexity index is 839. The van der Waals surface area contributed by atoms with Gasteiger partial charge in [-0.05, 0) is 38.2 Å². The van der Waals surface area contributed by atoms with Gasteiger partial charge in [-0.1, -0.05) is 31.0 Å². The second-order valence-corrected chi connectivity index (χ2v) is 8.02. The fourth-order valence-corrected chi connectivity index (χ4v) is 4.45. The van der Waals surface area contributed by atoms with E-state index in [1.54, 1.807) is 6.07 Å². The Balaban J connectivity index is 1.48. The van der Waals surface area contributed by atoms with Gasteiger partial charge in [0.25, 0.3) is 5.91 Å². The first-order valence-electron chi connectivity index (χ1n) is 10.4. The normalized spacial score (nSPS) is 19.9. The molecule has 5 nitrogen and oxygen atoms in total. The largest absolute Gasteiger partial charge is 0.337 e. The molecule has 1 atom stereocenters. The lowest BCUT2D eigenvalue weighted by Crippen LogP contribution is -2.36. The summed E-state index contributed by atoms with van der Waals surface area (Å²) in [5.41, 5.74) is 3.55. The average molecular weight is 384 g/mol. The summed E-state index contributed by atoms with van der Waals surface area (Å²) in [4.78, 5) is 15.1. The number of carbonyl (C=O) groups excluding carboxylic acids is 1. The lowest BCUT2D eigenvalue weighted by molar-refractivity contribution is 0.0753. The molecule has 1 amide bonds. The van der Waals surface area contributed by atoms with Crippen LogP contribution in [0.25, 0.3) is 0 Å². The van der Waals surface area contributed by atoms with Crippen molar-refractivity contribution in [2.75, 3.05) is 13.1 Å². The number of hydrogen-bond donors (Lipinski definition) is 1. The zero-order valence-corrected chi connectivity index (χ0v) is 16.6. The monoisotopic (exact) mass is 384 g/mol. The summed E-state index contributed by atoms with van der Waals surface area (Å²) in [5, 5.41) is 8.09. The van der Waals surface area contributed by atoms with Crippen LogP contribution in [0.2, 0.25) is 0 Å². The number of fused-ring (bicyclic) bond motifs is 1. The molecule has 150 valence electrons. The van der Waals surface area contributed by atoms with Gasteiger partial charge in [0.2, 0.25) is 0 Å². The van der Waals surface area contributed by atoms with Crippen molar-refractivity contribution < 1.29 is 9.18 Å². The van der Waals surface area contributed by atoms with Gasteiger partial charge in [0.05, 0.1) is 0 Å². The number of amides is 1. The summed E-state index contributed by atoms with van der Waals surface area (Å²) in [5.74, 6) is -0.0987. The summed E-state index contributed by atoms with van der Waals surface area (Å²) in [6.07, 6.45) is 7.19. The first-order chi connectivity index (χ1) is 13.6. The molecule has 1 aliphatic heterocycles. The van der Waals surface area contributed by atoms with Crippen molar-refractivity contribution >= 4 is 5.91 Å². The maximum absolute atomic E-state index is 13.9. The molecule has 28 heavy (non-hydrogen) atoms. The van der Waals surface area contributed by atoms with E-state index >= 15 is 0 Å². The third kappa shape index (κ3) is 3.97. The van der Waals surface area contributed by atoms with Crippen molar-refractivity contribution in [1.29, 1.82) is 0 Å². The van der Waals surface area contributed by atoms with Gasteiger partial charge >= 0.3 is 0 Å². The third-order valence-electron chi connectivity index (χ3n) is 6.09. The highest BCUT2D eigenvalue weighted by Crippen LogP contribution is 2.26. The van der Waals surface area contributed by atoms with Crippen LogP contribution in [0.15, 0.2) is 24.3 Å². The van der Waals surface area contributed by atoms with Crippen LogP contribution in [0.5, 0.6) is 0 Å². The molecule has 0 radical (unpaired) electrons. The van der Waals surface area contributed by atoms with Crippen LogP contribution in [-0.4, -0.2) is 39.7 Å². The van der Waals surface area contributed by atoms with E-state index in [2.05, 4.69) is 10.4 Å². The highest BCUT2D eigenvalue weighted by atomic mass is 19.1. The molecule has 1 aliphatic carbocycles. The summed E-state index contributed by atoms with van der Waals surface area (Å²) in [6.45, 7) is 2.17. The van der Waals surface area contributed by atoms with Crippen molar-refractivity contribution in [3.63, 3.8) is 0 Å². The summed E-state index contributed by atoms with van der Waals surface area (Å²) >= 11 is 0. The predicted octanol–water partition coefficient (Wildman–Crippen LogP) is 3.22. The number of aryl methyl sites for hydroxylation is 1. The smallest absolute Gasteiger partial charge is 0.274 e. The zero-order chi connectivity index (χ0) is 19.5. The molecule has 0 bridgehead atoms. The highest BCUT2D eigenvalue weighted by molar-refractivity contribution is 5.94. The van der Waals surface area contributed by atoms with Crippen molar-refractivity contribution in [2.45, 2.75) is 57.5 Å². The van der Waals surface area contributed by atoms with Crippen LogP contribution in [-0.2, 0) is 26.4 Å². The van der Waals surface area contributed by atoms with Crippen LogP contribution in [0, 0.1) is 5.82 Å². The maximum atomic E-state index is 13.9. The van der Waals surface area contributed by atoms with Crippen molar-refractivity contribution in [3.8, 4) is 0 Å². The molecule has 0 spiro atoms. The van der Waals surface area contributed by atoms with Crippen LogP contribution in [0.1, 0.15) is 59.4 Å². The van der Waals surface area contributed by atoms with E-state index < -0.39 is 0 Å². The van der Waals surface area contributed by atoms with E-state index in [4.69, 9.17) is 0 Å². The van der Waals surface area contributed by atoms with E-state index in [9.17, 15) is 9.18 Å². The van der Waals surface area contributed by atoms with E-state index in [-0.39, 0.29) is 17.8 Å². The van der Waals surface area contributed by atoms with Crippen LogP contribution in [0.3, 0.4) is 0 Å². The Morgan fingerprint density at radius 3 is 2.71 bits per heavy atom. The van der Waals surface area contributed by atoms with Gasteiger partial charge < -0.3 is 10.2 Å². The first kappa shape index (κ1) is 19.1. The van der Waals surface area contributed by atoms with Crippen LogP contribution in [0.4, 0.5) is 4.39 Å². The Hall–Kier alpha value is -2.21. The number of halogens is 1. The number of aromatic nitrogens is 2. The minimum Gasteiger partial charge on any atom is -0.337 e. The molecule has 1 N–H and O–H groups in total. The van der Waals surface area contributed by atoms with Gasteiger partial charge in [-0.15, -0.1) is 0 Å². The van der Waals surface area contributed by atoms with Gasteiger partial charge in [-0.2, -0.15) is 5.10 Å². The Morgan fingerprint density at radius 2 is 1.96 bits per heavy atom. The predicted molar refractivity (Wildman–Crippen MR) is 107 cm³/mol. The van der Waals surface area contributed by atoms with Gasteiger partial charge in [0, 0.05) is 49.5 Å². The molecule has 0 saturated carbocycles. The van der Waals surface area contributed by atoms with Gasteiger partial charge in [-0.3, -0.25) is 9.48 Å². The lowest BCUT2D eigenvalue weighted by atomic mass is 9.91. The molecule has 1 saturated heterocycles. The first-order valence-corrected chi connectivity index (χ1v) is 10.4.